The van der Waals surface area contributed by atoms with E-state index in [-0.39, 0.29) is 23.3 Å². The Labute approximate surface area is 252 Å². The minimum atomic E-state index is -4.18. The summed E-state index contributed by atoms with van der Waals surface area (Å²) in [7, 11) is -4.18. The zero-order chi connectivity index (χ0) is 30.2. The molecule has 0 aliphatic heterocycles. The summed E-state index contributed by atoms with van der Waals surface area (Å²) in [6, 6.07) is 18.3. The first-order valence-electron chi connectivity index (χ1n) is 13.3. The molecule has 3 aromatic rings. The maximum Gasteiger partial charge on any atom is 0.264 e. The number of anilines is 1. The Hall–Kier alpha value is -3.27. The molecule has 220 valence electrons. The first kappa shape index (κ1) is 32.2. The van der Waals surface area contributed by atoms with E-state index < -0.39 is 28.5 Å². The Morgan fingerprint density at radius 3 is 2.20 bits per heavy atom. The summed E-state index contributed by atoms with van der Waals surface area (Å²) >= 11 is 12.5. The van der Waals surface area contributed by atoms with Gasteiger partial charge in [0.15, 0.2) is 0 Å². The number of halogens is 2. The second-order valence-electron chi connectivity index (χ2n) is 9.82. The summed E-state index contributed by atoms with van der Waals surface area (Å²) in [4.78, 5) is 28.4. The van der Waals surface area contributed by atoms with Crippen molar-refractivity contribution in [2.75, 3.05) is 24.0 Å². The second kappa shape index (κ2) is 14.6. The second-order valence-corrected chi connectivity index (χ2v) is 12.5. The minimum absolute atomic E-state index is 0.00683. The fourth-order valence-corrected chi connectivity index (χ4v) is 5.88. The number of sulfonamides is 1. The number of benzene rings is 3. The molecule has 0 spiro atoms. The number of amides is 2. The van der Waals surface area contributed by atoms with E-state index in [9.17, 15) is 18.0 Å². The lowest BCUT2D eigenvalue weighted by Gasteiger charge is -2.32. The average molecular weight is 621 g/mol. The highest BCUT2D eigenvalue weighted by Gasteiger charge is 2.32. The van der Waals surface area contributed by atoms with Gasteiger partial charge in [0.25, 0.3) is 10.0 Å². The fourth-order valence-electron chi connectivity index (χ4n) is 3.99. The van der Waals surface area contributed by atoms with Crippen LogP contribution in [0.25, 0.3) is 0 Å². The Morgan fingerprint density at radius 2 is 1.61 bits per heavy atom. The molecule has 0 radical (unpaired) electrons. The number of rotatable bonds is 13. The topological polar surface area (TPSA) is 96.0 Å². The Bertz CT molecular complexity index is 1430. The molecule has 0 fully saturated rings. The van der Waals surface area contributed by atoms with Crippen LogP contribution in [-0.4, -0.2) is 50.9 Å². The minimum Gasteiger partial charge on any atom is -0.494 e. The van der Waals surface area contributed by atoms with Crippen LogP contribution in [0.3, 0.4) is 0 Å². The monoisotopic (exact) mass is 619 g/mol. The molecule has 0 saturated heterocycles. The molecule has 0 bridgehead atoms. The molecule has 1 atom stereocenters. The van der Waals surface area contributed by atoms with Gasteiger partial charge in [0.05, 0.1) is 17.2 Å². The Balaban J connectivity index is 2.00. The molecule has 0 aliphatic rings. The van der Waals surface area contributed by atoms with Gasteiger partial charge < -0.3 is 15.0 Å². The highest BCUT2D eigenvalue weighted by Crippen LogP contribution is 2.27. The van der Waals surface area contributed by atoms with Crippen LogP contribution < -0.4 is 14.4 Å². The molecule has 3 aromatic carbocycles. The lowest BCUT2D eigenvalue weighted by Crippen LogP contribution is -2.51. The first-order valence-corrected chi connectivity index (χ1v) is 15.4. The van der Waals surface area contributed by atoms with Gasteiger partial charge in [0.1, 0.15) is 18.3 Å². The van der Waals surface area contributed by atoms with Crippen LogP contribution in [0.1, 0.15) is 33.3 Å². The molecule has 8 nitrogen and oxygen atoms in total. The largest absolute Gasteiger partial charge is 0.494 e. The first-order chi connectivity index (χ1) is 19.4. The zero-order valence-corrected chi connectivity index (χ0v) is 25.8. The third kappa shape index (κ3) is 8.61. The lowest BCUT2D eigenvalue weighted by atomic mass is 10.1. The van der Waals surface area contributed by atoms with Crippen molar-refractivity contribution >= 4 is 50.7 Å². The summed E-state index contributed by atoms with van der Waals surface area (Å²) in [6.45, 7) is 7.65. The smallest absolute Gasteiger partial charge is 0.264 e. The van der Waals surface area contributed by atoms with E-state index in [2.05, 4.69) is 5.32 Å². The molecular weight excluding hydrogens is 585 g/mol. The van der Waals surface area contributed by atoms with E-state index in [1.165, 1.54) is 17.0 Å². The molecule has 0 saturated carbocycles. The van der Waals surface area contributed by atoms with E-state index >= 15 is 0 Å². The molecule has 11 heteroatoms. The van der Waals surface area contributed by atoms with Gasteiger partial charge in [0, 0.05) is 23.1 Å². The molecule has 1 N–H and O–H groups in total. The highest BCUT2D eigenvalue weighted by molar-refractivity contribution is 7.92. The van der Waals surface area contributed by atoms with Crippen LogP contribution in [0.15, 0.2) is 77.7 Å². The van der Waals surface area contributed by atoms with E-state index in [1.807, 2.05) is 20.8 Å². The molecule has 2 amide bonds. The van der Waals surface area contributed by atoms with Crippen molar-refractivity contribution in [1.82, 2.24) is 10.2 Å². The van der Waals surface area contributed by atoms with Crippen molar-refractivity contribution in [2.45, 2.75) is 45.2 Å². The predicted octanol–water partition coefficient (Wildman–Crippen LogP) is 5.78. The third-order valence-corrected chi connectivity index (χ3v) is 8.63. The summed E-state index contributed by atoms with van der Waals surface area (Å²) in [5.41, 5.74) is 0.865. The van der Waals surface area contributed by atoms with E-state index in [0.717, 1.165) is 4.31 Å². The van der Waals surface area contributed by atoms with Crippen LogP contribution in [0.2, 0.25) is 10.0 Å². The average Bonchev–Trinajstić information content (AvgIpc) is 2.94. The maximum atomic E-state index is 14.0. The summed E-state index contributed by atoms with van der Waals surface area (Å²) in [6.07, 6.45) is 0. The molecule has 0 aromatic heterocycles. The number of nitrogens with one attached hydrogen (secondary N) is 1. The number of nitrogens with zero attached hydrogens (tertiary/aromatic N) is 2. The summed E-state index contributed by atoms with van der Waals surface area (Å²) in [5.74, 6) is -0.214. The number of hydrogen-bond acceptors (Lipinski definition) is 5. The van der Waals surface area contributed by atoms with Crippen LogP contribution in [0, 0.1) is 5.92 Å². The van der Waals surface area contributed by atoms with Crippen LogP contribution in [0.4, 0.5) is 5.69 Å². The van der Waals surface area contributed by atoms with E-state index in [1.54, 1.807) is 67.6 Å². The van der Waals surface area contributed by atoms with Gasteiger partial charge in [-0.3, -0.25) is 13.9 Å². The van der Waals surface area contributed by atoms with Crippen LogP contribution in [-0.2, 0) is 26.2 Å². The quantitative estimate of drug-likeness (QED) is 0.262. The standard InChI is InChI=1S/C30H35Cl2N3O5S/c1-5-40-26-13-15-27(16-14-26)41(38,39)35(25-9-7-6-8-10-25)20-29(36)34(22(4)30(37)33-18-21(2)3)19-23-11-12-24(31)17-28(23)32/h6-17,21-22H,5,18-20H2,1-4H3,(H,33,37)/t22-/m1/s1. The molecule has 0 unspecified atom stereocenters. The number of carbonyl (C=O) groups is 2. The van der Waals surface area contributed by atoms with Gasteiger partial charge >= 0.3 is 0 Å². The van der Waals surface area contributed by atoms with Gasteiger partial charge in [-0.2, -0.15) is 0 Å². The van der Waals surface area contributed by atoms with Crippen molar-refractivity contribution < 1.29 is 22.7 Å². The lowest BCUT2D eigenvalue weighted by molar-refractivity contribution is -0.139. The highest BCUT2D eigenvalue weighted by atomic mass is 35.5. The van der Waals surface area contributed by atoms with Gasteiger partial charge in [-0.25, -0.2) is 8.42 Å². The molecule has 41 heavy (non-hydrogen) atoms. The van der Waals surface area contributed by atoms with Crippen molar-refractivity contribution in [3.8, 4) is 5.75 Å². The van der Waals surface area contributed by atoms with Gasteiger partial charge in [0.2, 0.25) is 11.8 Å². The van der Waals surface area contributed by atoms with Crippen molar-refractivity contribution in [2.24, 2.45) is 5.92 Å². The van der Waals surface area contributed by atoms with Gasteiger partial charge in [-0.05, 0) is 73.9 Å². The van der Waals surface area contributed by atoms with Crippen LogP contribution >= 0.6 is 23.2 Å². The van der Waals surface area contributed by atoms with Crippen molar-refractivity contribution in [1.29, 1.82) is 0 Å². The molecular formula is C30H35Cl2N3O5S. The zero-order valence-electron chi connectivity index (χ0n) is 23.5. The maximum absolute atomic E-state index is 14.0. The van der Waals surface area contributed by atoms with E-state index in [4.69, 9.17) is 27.9 Å². The van der Waals surface area contributed by atoms with Crippen molar-refractivity contribution in [3.05, 3.63) is 88.4 Å². The SMILES string of the molecule is CCOc1ccc(S(=O)(=O)N(CC(=O)N(Cc2ccc(Cl)cc2Cl)[C@H](C)C(=O)NCC(C)C)c2ccccc2)cc1. The molecule has 3 rings (SSSR count). The fraction of sp³-hybridized carbons (Fsp3) is 0.333. The molecule has 0 heterocycles. The number of ether oxygens (including phenoxy) is 1. The number of hydrogen-bond donors (Lipinski definition) is 1. The Kier molecular flexibility index (Phi) is 11.5. The summed E-state index contributed by atoms with van der Waals surface area (Å²) < 4.78 is 34.3. The number of para-hydroxylation sites is 1. The van der Waals surface area contributed by atoms with Gasteiger partial charge in [-0.1, -0.05) is 61.3 Å². The summed E-state index contributed by atoms with van der Waals surface area (Å²) in [5, 5.41) is 3.61. The molecule has 0 aliphatic carbocycles. The Morgan fingerprint density at radius 1 is 0.951 bits per heavy atom. The van der Waals surface area contributed by atoms with E-state index in [0.29, 0.717) is 40.2 Å². The third-order valence-electron chi connectivity index (χ3n) is 6.25. The number of carbonyl (C=O) groups excluding carboxylic acids is 2. The normalized spacial score (nSPS) is 12.1. The predicted molar refractivity (Wildman–Crippen MR) is 163 cm³/mol. The van der Waals surface area contributed by atoms with Gasteiger partial charge in [-0.15, -0.1) is 0 Å². The van der Waals surface area contributed by atoms with Crippen LogP contribution in [0.5, 0.6) is 5.75 Å². The van der Waals surface area contributed by atoms with Crippen molar-refractivity contribution in [3.63, 3.8) is 0 Å².